The van der Waals surface area contributed by atoms with E-state index < -0.39 is 5.97 Å². The zero-order chi connectivity index (χ0) is 18.8. The van der Waals surface area contributed by atoms with E-state index in [-0.39, 0.29) is 19.0 Å². The average Bonchev–Trinajstić information content (AvgIpc) is 2.63. The highest BCUT2D eigenvalue weighted by Gasteiger charge is 2.15. The molecule has 0 amide bonds. The van der Waals surface area contributed by atoms with Crippen molar-refractivity contribution < 1.29 is 19.1 Å². The second-order valence-corrected chi connectivity index (χ2v) is 6.17. The van der Waals surface area contributed by atoms with E-state index >= 15 is 0 Å². The lowest BCUT2D eigenvalue weighted by molar-refractivity contribution is -0.142. The molecule has 2 rings (SSSR count). The van der Waals surface area contributed by atoms with Crippen molar-refractivity contribution in [1.82, 2.24) is 5.32 Å². The monoisotopic (exact) mass is 360 g/mol. The molecule has 0 aliphatic carbocycles. The second kappa shape index (κ2) is 10.6. The second-order valence-electron chi connectivity index (χ2n) is 6.17. The molecule has 1 aliphatic heterocycles. The molecule has 0 unspecified atom stereocenters. The summed E-state index contributed by atoms with van der Waals surface area (Å²) in [6.07, 6.45) is 3.58. The summed E-state index contributed by atoms with van der Waals surface area (Å²) in [5.74, 6) is -0.285. The number of benzene rings is 1. The van der Waals surface area contributed by atoms with Gasteiger partial charge in [0.15, 0.2) is 0 Å². The Kier molecular flexibility index (Phi) is 8.15. The van der Waals surface area contributed by atoms with Crippen LogP contribution in [0.2, 0.25) is 0 Å². The lowest BCUT2D eigenvalue weighted by atomic mass is 9.90. The van der Waals surface area contributed by atoms with Crippen LogP contribution in [0.3, 0.4) is 0 Å². The van der Waals surface area contributed by atoms with Crippen molar-refractivity contribution in [3.05, 3.63) is 41.6 Å². The zero-order valence-corrected chi connectivity index (χ0v) is 15.5. The fraction of sp³-hybridized carbons (Fsp3) is 0.500. The molecule has 2 N–H and O–H groups in total. The first-order valence-electron chi connectivity index (χ1n) is 9.23. The largest absolute Gasteiger partial charge is 0.466 e. The molecule has 0 aromatic heterocycles. The number of nitrogens with one attached hydrogen (secondary N) is 2. The van der Waals surface area contributed by atoms with E-state index in [1.165, 1.54) is 11.6 Å². The first kappa shape index (κ1) is 20.0. The first-order valence-corrected chi connectivity index (χ1v) is 9.23. The van der Waals surface area contributed by atoms with E-state index in [0.29, 0.717) is 18.2 Å². The summed E-state index contributed by atoms with van der Waals surface area (Å²) in [4.78, 5) is 23.5. The van der Waals surface area contributed by atoms with Crippen molar-refractivity contribution in [2.24, 2.45) is 0 Å². The summed E-state index contributed by atoms with van der Waals surface area (Å²) >= 11 is 0. The van der Waals surface area contributed by atoms with Gasteiger partial charge in [0.1, 0.15) is 0 Å². The number of piperidine rings is 1. The maximum Gasteiger partial charge on any atom is 0.332 e. The van der Waals surface area contributed by atoms with Crippen LogP contribution in [0.25, 0.3) is 0 Å². The highest BCUT2D eigenvalue weighted by Crippen LogP contribution is 2.26. The Balaban J connectivity index is 2.05. The van der Waals surface area contributed by atoms with Crippen LogP contribution in [0.1, 0.15) is 44.6 Å². The van der Waals surface area contributed by atoms with Gasteiger partial charge in [-0.25, -0.2) is 4.79 Å². The molecule has 142 valence electrons. The van der Waals surface area contributed by atoms with Gasteiger partial charge in [-0.15, -0.1) is 0 Å². The Hall–Kier alpha value is -2.34. The quantitative estimate of drug-likeness (QED) is 0.548. The molecular weight excluding hydrogens is 332 g/mol. The molecule has 0 radical (unpaired) electrons. The van der Waals surface area contributed by atoms with Crippen LogP contribution in [-0.4, -0.2) is 38.2 Å². The maximum absolute atomic E-state index is 11.8. The Morgan fingerprint density at radius 3 is 2.38 bits per heavy atom. The Morgan fingerprint density at radius 2 is 1.77 bits per heavy atom. The van der Waals surface area contributed by atoms with Crippen LogP contribution in [-0.2, 0) is 19.1 Å². The Labute approximate surface area is 154 Å². The first-order chi connectivity index (χ1) is 12.6. The van der Waals surface area contributed by atoms with Crippen molar-refractivity contribution in [2.45, 2.75) is 39.0 Å². The molecule has 0 atom stereocenters. The minimum Gasteiger partial charge on any atom is -0.466 e. The molecule has 1 heterocycles. The van der Waals surface area contributed by atoms with E-state index in [1.807, 2.05) is 12.1 Å². The van der Waals surface area contributed by atoms with Crippen molar-refractivity contribution in [2.75, 3.05) is 31.6 Å². The van der Waals surface area contributed by atoms with Crippen molar-refractivity contribution in [1.29, 1.82) is 0 Å². The van der Waals surface area contributed by atoms with Gasteiger partial charge in [0.05, 0.1) is 19.6 Å². The number of ether oxygens (including phenoxy) is 2. The minimum absolute atomic E-state index is 0.0112. The molecule has 1 aromatic carbocycles. The molecule has 1 fully saturated rings. The number of hydrogen-bond donors (Lipinski definition) is 2. The predicted molar refractivity (Wildman–Crippen MR) is 101 cm³/mol. The van der Waals surface area contributed by atoms with Gasteiger partial charge < -0.3 is 20.1 Å². The van der Waals surface area contributed by atoms with E-state index in [4.69, 9.17) is 9.47 Å². The van der Waals surface area contributed by atoms with Gasteiger partial charge in [-0.3, -0.25) is 4.79 Å². The fourth-order valence-electron chi connectivity index (χ4n) is 3.00. The SMILES string of the molecule is CCOC(=O)/C=C(/CC(=O)OCC)Nc1ccc(C2CCNCC2)cc1. The lowest BCUT2D eigenvalue weighted by Crippen LogP contribution is -2.26. The summed E-state index contributed by atoms with van der Waals surface area (Å²) in [5.41, 5.74) is 2.59. The molecule has 6 heteroatoms. The number of rotatable bonds is 8. The van der Waals surface area contributed by atoms with E-state index in [9.17, 15) is 9.59 Å². The lowest BCUT2D eigenvalue weighted by Gasteiger charge is -2.23. The van der Waals surface area contributed by atoms with Crippen LogP contribution < -0.4 is 10.6 Å². The van der Waals surface area contributed by atoms with Crippen molar-refractivity contribution in [3.8, 4) is 0 Å². The molecule has 0 spiro atoms. The topological polar surface area (TPSA) is 76.7 Å². The van der Waals surface area contributed by atoms with Crippen LogP contribution in [0, 0.1) is 0 Å². The van der Waals surface area contributed by atoms with Crippen molar-refractivity contribution >= 4 is 17.6 Å². The van der Waals surface area contributed by atoms with Gasteiger partial charge in [0, 0.05) is 17.5 Å². The fourth-order valence-corrected chi connectivity index (χ4v) is 3.00. The molecule has 1 saturated heterocycles. The number of carbonyl (C=O) groups excluding carboxylic acids is 2. The van der Waals surface area contributed by atoms with Gasteiger partial charge in [-0.2, -0.15) is 0 Å². The van der Waals surface area contributed by atoms with Gasteiger partial charge in [-0.1, -0.05) is 12.1 Å². The van der Waals surface area contributed by atoms with Crippen LogP contribution in [0.4, 0.5) is 5.69 Å². The average molecular weight is 360 g/mol. The highest BCUT2D eigenvalue weighted by atomic mass is 16.5. The maximum atomic E-state index is 11.8. The summed E-state index contributed by atoms with van der Waals surface area (Å²) in [7, 11) is 0. The third kappa shape index (κ3) is 6.52. The molecule has 6 nitrogen and oxygen atoms in total. The molecule has 26 heavy (non-hydrogen) atoms. The summed E-state index contributed by atoms with van der Waals surface area (Å²) in [6, 6.07) is 8.15. The zero-order valence-electron chi connectivity index (χ0n) is 15.5. The molecule has 1 aromatic rings. The summed E-state index contributed by atoms with van der Waals surface area (Å²) in [6.45, 7) is 6.18. The number of esters is 2. The van der Waals surface area contributed by atoms with Gasteiger partial charge >= 0.3 is 11.9 Å². The smallest absolute Gasteiger partial charge is 0.332 e. The van der Waals surface area contributed by atoms with Crippen molar-refractivity contribution in [3.63, 3.8) is 0 Å². The van der Waals surface area contributed by atoms with Gasteiger partial charge in [0.25, 0.3) is 0 Å². The Bertz CT molecular complexity index is 619. The normalized spacial score (nSPS) is 15.4. The van der Waals surface area contributed by atoms with Crippen LogP contribution in [0.15, 0.2) is 36.0 Å². The molecule has 0 saturated carbocycles. The summed E-state index contributed by atoms with van der Waals surface area (Å²) in [5, 5.41) is 6.51. The molecule has 1 aliphatic rings. The predicted octanol–water partition coefficient (Wildman–Crippen LogP) is 2.97. The third-order valence-corrected chi connectivity index (χ3v) is 4.24. The van der Waals surface area contributed by atoms with Gasteiger partial charge in [0.2, 0.25) is 0 Å². The number of hydrogen-bond acceptors (Lipinski definition) is 6. The number of carbonyl (C=O) groups is 2. The van der Waals surface area contributed by atoms with E-state index in [0.717, 1.165) is 31.6 Å². The molecular formula is C20H28N2O4. The van der Waals surface area contributed by atoms with Gasteiger partial charge in [-0.05, 0) is 63.4 Å². The summed E-state index contributed by atoms with van der Waals surface area (Å²) < 4.78 is 9.91. The van der Waals surface area contributed by atoms with Crippen LogP contribution >= 0.6 is 0 Å². The third-order valence-electron chi connectivity index (χ3n) is 4.24. The molecule has 0 bridgehead atoms. The highest BCUT2D eigenvalue weighted by molar-refractivity contribution is 5.85. The number of anilines is 1. The standard InChI is InChI=1S/C20H28N2O4/c1-3-25-19(23)13-18(14-20(24)26-4-2)22-17-7-5-15(6-8-17)16-9-11-21-12-10-16/h5-8,13,16,21-22H,3-4,9-12,14H2,1-2H3/b18-13-. The van der Waals surface area contributed by atoms with E-state index in [2.05, 4.69) is 22.8 Å². The van der Waals surface area contributed by atoms with Crippen LogP contribution in [0.5, 0.6) is 0 Å². The van der Waals surface area contributed by atoms with E-state index in [1.54, 1.807) is 13.8 Å². The minimum atomic E-state index is -0.481. The Morgan fingerprint density at radius 1 is 1.12 bits per heavy atom.